The molecule has 5 aromatic rings. The Balaban J connectivity index is 1.60. The van der Waals surface area contributed by atoms with E-state index < -0.39 is 0 Å². The number of hydrogen-bond donors (Lipinski definition) is 1. The molecule has 0 amide bonds. The molecule has 0 aliphatic carbocycles. The van der Waals surface area contributed by atoms with Gasteiger partial charge in [-0.1, -0.05) is 72.8 Å². The van der Waals surface area contributed by atoms with Crippen LogP contribution in [0, 0.1) is 0 Å². The summed E-state index contributed by atoms with van der Waals surface area (Å²) in [6.45, 7) is 0.308. The van der Waals surface area contributed by atoms with Gasteiger partial charge in [-0.3, -0.25) is 4.79 Å². The van der Waals surface area contributed by atoms with Crippen molar-refractivity contribution in [2.75, 3.05) is 0 Å². The Hall–Kier alpha value is -4.45. The van der Waals surface area contributed by atoms with E-state index in [0.29, 0.717) is 29.0 Å². The van der Waals surface area contributed by atoms with Gasteiger partial charge in [0.25, 0.3) is 0 Å². The number of rotatable bonds is 6. The zero-order valence-corrected chi connectivity index (χ0v) is 17.1. The van der Waals surface area contributed by atoms with E-state index in [1.54, 1.807) is 30.3 Å². The fourth-order valence-corrected chi connectivity index (χ4v) is 3.51. The highest BCUT2D eigenvalue weighted by Gasteiger charge is 2.22. The van der Waals surface area contributed by atoms with E-state index in [1.165, 1.54) is 10.9 Å². The third-order valence-electron chi connectivity index (χ3n) is 5.08. The van der Waals surface area contributed by atoms with Gasteiger partial charge in [0.05, 0.1) is 5.56 Å². The highest BCUT2D eigenvalue weighted by molar-refractivity contribution is 6.12. The van der Waals surface area contributed by atoms with Gasteiger partial charge < -0.3 is 9.84 Å². The number of phenolic OH excluding ortho intramolecular Hbond substituents is 1. The average molecular weight is 421 g/mol. The second kappa shape index (κ2) is 8.35. The summed E-state index contributed by atoms with van der Waals surface area (Å²) in [6, 6.07) is 29.1. The Kier molecular flexibility index (Phi) is 5.09. The highest BCUT2D eigenvalue weighted by atomic mass is 16.5. The summed E-state index contributed by atoms with van der Waals surface area (Å²) in [6.07, 6.45) is 0. The molecular formula is C26H19N3O3. The molecule has 1 heterocycles. The molecule has 0 atom stereocenters. The Morgan fingerprint density at radius 2 is 1.41 bits per heavy atom. The van der Waals surface area contributed by atoms with Gasteiger partial charge in [0.15, 0.2) is 5.78 Å². The normalized spacial score (nSPS) is 10.9. The van der Waals surface area contributed by atoms with E-state index in [9.17, 15) is 9.90 Å². The molecule has 32 heavy (non-hydrogen) atoms. The first-order valence-corrected chi connectivity index (χ1v) is 10.1. The van der Waals surface area contributed by atoms with Crippen molar-refractivity contribution >= 4 is 16.8 Å². The van der Waals surface area contributed by atoms with E-state index >= 15 is 0 Å². The summed E-state index contributed by atoms with van der Waals surface area (Å²) >= 11 is 0. The fourth-order valence-electron chi connectivity index (χ4n) is 3.51. The number of benzene rings is 4. The van der Waals surface area contributed by atoms with Crippen molar-refractivity contribution in [3.05, 3.63) is 114 Å². The van der Waals surface area contributed by atoms with Gasteiger partial charge in [0.2, 0.25) is 0 Å². The number of nitrogens with zero attached hydrogens (tertiary/aromatic N) is 3. The molecule has 0 unspecified atom stereocenters. The second-order valence-electron chi connectivity index (χ2n) is 7.29. The lowest BCUT2D eigenvalue weighted by molar-refractivity contribution is 0.103. The quantitative estimate of drug-likeness (QED) is 0.393. The maximum atomic E-state index is 13.4. The summed E-state index contributed by atoms with van der Waals surface area (Å²) in [5.41, 5.74) is 3.25. The van der Waals surface area contributed by atoms with Crippen molar-refractivity contribution in [2.45, 2.75) is 6.61 Å². The summed E-state index contributed by atoms with van der Waals surface area (Å²) < 4.78 is 5.89. The second-order valence-corrected chi connectivity index (χ2v) is 7.29. The lowest BCUT2D eigenvalue weighted by Crippen LogP contribution is -2.11. The summed E-state index contributed by atoms with van der Waals surface area (Å²) in [5.74, 6) is -0.0244. The Morgan fingerprint density at radius 3 is 2.06 bits per heavy atom. The van der Waals surface area contributed by atoms with E-state index in [4.69, 9.17) is 4.74 Å². The van der Waals surface area contributed by atoms with E-state index in [0.717, 1.165) is 5.56 Å². The van der Waals surface area contributed by atoms with Crippen LogP contribution in [-0.2, 0) is 6.61 Å². The van der Waals surface area contributed by atoms with E-state index in [-0.39, 0.29) is 22.8 Å². The monoisotopic (exact) mass is 421 g/mol. The Bertz CT molecular complexity index is 1360. The van der Waals surface area contributed by atoms with Crippen molar-refractivity contribution in [3.8, 4) is 17.2 Å². The van der Waals surface area contributed by atoms with Crippen LogP contribution in [0.25, 0.3) is 16.7 Å². The minimum Gasteiger partial charge on any atom is -0.505 e. The molecule has 0 saturated carbocycles. The molecule has 0 aliphatic rings. The number of hydrogen-bond acceptors (Lipinski definition) is 5. The van der Waals surface area contributed by atoms with Gasteiger partial charge >= 0.3 is 0 Å². The summed E-state index contributed by atoms with van der Waals surface area (Å²) in [7, 11) is 0. The van der Waals surface area contributed by atoms with Crippen LogP contribution in [0.1, 0.15) is 21.5 Å². The number of ketones is 1. The van der Waals surface area contributed by atoms with Crippen LogP contribution in [0.5, 0.6) is 11.5 Å². The number of carbonyl (C=O) groups is 1. The van der Waals surface area contributed by atoms with Gasteiger partial charge in [-0.2, -0.15) is 0 Å². The minimum absolute atomic E-state index is 0.143. The third-order valence-corrected chi connectivity index (χ3v) is 5.08. The van der Waals surface area contributed by atoms with E-state index in [1.807, 2.05) is 60.7 Å². The molecule has 4 aromatic carbocycles. The molecule has 0 saturated heterocycles. The smallest absolute Gasteiger partial charge is 0.195 e. The molecule has 0 fully saturated rings. The van der Waals surface area contributed by atoms with Crippen molar-refractivity contribution in [2.24, 2.45) is 0 Å². The van der Waals surface area contributed by atoms with Crippen LogP contribution in [0.2, 0.25) is 0 Å². The molecule has 0 radical (unpaired) electrons. The number of fused-ring (bicyclic) bond motifs is 1. The van der Waals surface area contributed by atoms with Crippen LogP contribution in [0.15, 0.2) is 97.1 Å². The summed E-state index contributed by atoms with van der Waals surface area (Å²) in [5, 5.41) is 19.8. The predicted octanol–water partition coefficient (Wildman–Crippen LogP) is 4.94. The summed E-state index contributed by atoms with van der Waals surface area (Å²) in [4.78, 5) is 14.7. The lowest BCUT2D eigenvalue weighted by Gasteiger charge is -2.14. The van der Waals surface area contributed by atoms with Gasteiger partial charge in [-0.15, -0.1) is 15.0 Å². The standard InChI is InChI=1S/C26H19N3O3/c30-24-16-20(32-17-18-9-3-1-4-10-18)15-21(26(31)19-11-5-2-6-12-19)25(24)29-27-22-13-7-8-14-23(22)28-29/h1-16,30H,17H2. The Labute approximate surface area is 184 Å². The molecule has 156 valence electrons. The van der Waals surface area contributed by atoms with Gasteiger partial charge in [-0.05, 0) is 23.8 Å². The first kappa shape index (κ1) is 19.5. The minimum atomic E-state index is -0.262. The molecule has 0 spiro atoms. The lowest BCUT2D eigenvalue weighted by atomic mass is 10.0. The fraction of sp³-hybridized carbons (Fsp3) is 0.0385. The first-order chi connectivity index (χ1) is 15.7. The Morgan fingerprint density at radius 1 is 0.812 bits per heavy atom. The molecule has 0 bridgehead atoms. The van der Waals surface area contributed by atoms with Crippen LogP contribution < -0.4 is 4.74 Å². The number of phenols is 1. The van der Waals surface area contributed by atoms with Gasteiger partial charge in [0.1, 0.15) is 34.8 Å². The van der Waals surface area contributed by atoms with Crippen LogP contribution in [-0.4, -0.2) is 25.9 Å². The van der Waals surface area contributed by atoms with Gasteiger partial charge in [0, 0.05) is 11.6 Å². The maximum Gasteiger partial charge on any atom is 0.195 e. The van der Waals surface area contributed by atoms with Crippen LogP contribution >= 0.6 is 0 Å². The van der Waals surface area contributed by atoms with Crippen molar-refractivity contribution in [1.29, 1.82) is 0 Å². The van der Waals surface area contributed by atoms with E-state index in [2.05, 4.69) is 10.2 Å². The number of aromatic nitrogens is 3. The molecule has 6 heteroatoms. The van der Waals surface area contributed by atoms with Crippen molar-refractivity contribution in [1.82, 2.24) is 15.0 Å². The zero-order chi connectivity index (χ0) is 21.9. The predicted molar refractivity (Wildman–Crippen MR) is 121 cm³/mol. The largest absolute Gasteiger partial charge is 0.505 e. The molecule has 1 aromatic heterocycles. The van der Waals surface area contributed by atoms with Crippen molar-refractivity contribution in [3.63, 3.8) is 0 Å². The van der Waals surface area contributed by atoms with Crippen LogP contribution in [0.4, 0.5) is 0 Å². The number of carbonyl (C=O) groups excluding carboxylic acids is 1. The first-order valence-electron chi connectivity index (χ1n) is 10.1. The number of aromatic hydroxyl groups is 1. The topological polar surface area (TPSA) is 77.2 Å². The van der Waals surface area contributed by atoms with Gasteiger partial charge in [-0.25, -0.2) is 0 Å². The highest BCUT2D eigenvalue weighted by Crippen LogP contribution is 2.33. The maximum absolute atomic E-state index is 13.4. The zero-order valence-electron chi connectivity index (χ0n) is 17.1. The SMILES string of the molecule is O=C(c1ccccc1)c1cc(OCc2ccccc2)cc(O)c1-n1nc2ccccc2n1. The molecular weight excluding hydrogens is 402 g/mol. The average Bonchev–Trinajstić information content (AvgIpc) is 3.27. The molecule has 1 N–H and O–H groups in total. The van der Waals surface area contributed by atoms with Crippen LogP contribution in [0.3, 0.4) is 0 Å². The molecule has 6 nitrogen and oxygen atoms in total. The third kappa shape index (κ3) is 3.81. The number of ether oxygens (including phenoxy) is 1. The molecule has 0 aliphatic heterocycles. The molecule has 5 rings (SSSR count). The van der Waals surface area contributed by atoms with Crippen molar-refractivity contribution < 1.29 is 14.6 Å².